The van der Waals surface area contributed by atoms with Gasteiger partial charge in [0.2, 0.25) is 0 Å². The average molecular weight is 385 g/mol. The lowest BCUT2D eigenvalue weighted by Gasteiger charge is -2.10. The van der Waals surface area contributed by atoms with Gasteiger partial charge in [-0.15, -0.1) is 0 Å². The van der Waals surface area contributed by atoms with E-state index in [0.717, 1.165) is 6.42 Å². The first-order valence-electron chi connectivity index (χ1n) is 8.81. The molecule has 0 bridgehead atoms. The molecule has 28 heavy (non-hydrogen) atoms. The average Bonchev–Trinajstić information content (AvgIpc) is 2.71. The number of amides is 1. The fraction of sp³-hybridized carbons (Fsp3) is 0.300. The van der Waals surface area contributed by atoms with Crippen molar-refractivity contribution in [2.45, 2.75) is 26.2 Å². The number of carbonyl (C=O) groups is 1. The number of carbonyl (C=O) groups excluding carboxylic acids is 1. The number of hydrogen-bond donors (Lipinski definition) is 1. The lowest BCUT2D eigenvalue weighted by molar-refractivity contribution is -0.385. The topological polar surface area (TPSA) is 103 Å². The van der Waals surface area contributed by atoms with E-state index < -0.39 is 10.8 Å². The van der Waals surface area contributed by atoms with Crippen molar-refractivity contribution >= 4 is 17.8 Å². The third-order valence-electron chi connectivity index (χ3n) is 4.23. The number of methoxy groups -OCH3 is 1. The maximum absolute atomic E-state index is 11.8. The molecule has 1 amide bonds. The Hall–Kier alpha value is -3.42. The van der Waals surface area contributed by atoms with Crippen LogP contribution in [0.15, 0.2) is 47.6 Å². The second-order valence-corrected chi connectivity index (χ2v) is 6.15. The van der Waals surface area contributed by atoms with Crippen LogP contribution in [0.4, 0.5) is 5.69 Å². The van der Waals surface area contributed by atoms with Gasteiger partial charge in [0.15, 0.2) is 12.4 Å². The zero-order valence-corrected chi connectivity index (χ0v) is 16.0. The Morgan fingerprint density at radius 3 is 2.61 bits per heavy atom. The van der Waals surface area contributed by atoms with Gasteiger partial charge in [-0.25, -0.2) is 5.43 Å². The molecule has 0 saturated heterocycles. The predicted octanol–water partition coefficient (Wildman–Crippen LogP) is 3.65. The maximum Gasteiger partial charge on any atom is 0.311 e. The second kappa shape index (κ2) is 10.1. The zero-order valence-electron chi connectivity index (χ0n) is 16.0. The van der Waals surface area contributed by atoms with Crippen molar-refractivity contribution in [1.82, 2.24) is 5.43 Å². The first kappa shape index (κ1) is 20.9. The summed E-state index contributed by atoms with van der Waals surface area (Å²) in [7, 11) is 1.36. The monoisotopic (exact) mass is 385 g/mol. The number of rotatable bonds is 9. The molecule has 0 aliphatic carbocycles. The van der Waals surface area contributed by atoms with E-state index >= 15 is 0 Å². The Morgan fingerprint density at radius 1 is 1.29 bits per heavy atom. The van der Waals surface area contributed by atoms with Crippen LogP contribution >= 0.6 is 0 Å². The van der Waals surface area contributed by atoms with Gasteiger partial charge in [0.25, 0.3) is 5.91 Å². The van der Waals surface area contributed by atoms with Crippen LogP contribution < -0.4 is 14.9 Å². The van der Waals surface area contributed by atoms with E-state index in [1.807, 2.05) is 24.3 Å². The Kier molecular flexibility index (Phi) is 7.50. The second-order valence-electron chi connectivity index (χ2n) is 6.15. The van der Waals surface area contributed by atoms with Crippen molar-refractivity contribution in [2.24, 2.45) is 5.10 Å². The zero-order chi connectivity index (χ0) is 20.5. The number of nitrogens with one attached hydrogen (secondary N) is 1. The fourth-order valence-electron chi connectivity index (χ4n) is 2.42. The molecule has 2 aromatic rings. The van der Waals surface area contributed by atoms with Crippen molar-refractivity contribution in [2.75, 3.05) is 13.7 Å². The maximum atomic E-state index is 11.8. The van der Waals surface area contributed by atoms with Gasteiger partial charge in [-0.2, -0.15) is 5.10 Å². The van der Waals surface area contributed by atoms with Gasteiger partial charge in [0.05, 0.1) is 18.2 Å². The van der Waals surface area contributed by atoms with Gasteiger partial charge in [-0.05, 0) is 42.2 Å². The highest BCUT2D eigenvalue weighted by molar-refractivity contribution is 5.84. The minimum absolute atomic E-state index is 0.152. The molecule has 0 aromatic heterocycles. The summed E-state index contributed by atoms with van der Waals surface area (Å²) in [5, 5.41) is 14.8. The highest BCUT2D eigenvalue weighted by atomic mass is 16.6. The van der Waals surface area contributed by atoms with Crippen LogP contribution in [-0.4, -0.2) is 30.8 Å². The summed E-state index contributed by atoms with van der Waals surface area (Å²) in [4.78, 5) is 22.3. The van der Waals surface area contributed by atoms with Crippen LogP contribution in [0.2, 0.25) is 0 Å². The largest absolute Gasteiger partial charge is 0.490 e. The number of nitro groups is 1. The van der Waals surface area contributed by atoms with Crippen LogP contribution in [0.5, 0.6) is 11.5 Å². The predicted molar refractivity (Wildman–Crippen MR) is 106 cm³/mol. The number of nitro benzene ring substituents is 1. The van der Waals surface area contributed by atoms with Gasteiger partial charge < -0.3 is 9.47 Å². The molecule has 2 rings (SSSR count). The molecular formula is C20H23N3O5. The first-order valence-corrected chi connectivity index (χ1v) is 8.81. The summed E-state index contributed by atoms with van der Waals surface area (Å²) in [6.45, 7) is 4.09. The molecule has 0 spiro atoms. The van der Waals surface area contributed by atoms with E-state index in [0.29, 0.717) is 17.2 Å². The molecule has 0 aliphatic rings. The van der Waals surface area contributed by atoms with Crippen molar-refractivity contribution < 1.29 is 19.2 Å². The van der Waals surface area contributed by atoms with Crippen LogP contribution in [0.1, 0.15) is 37.3 Å². The smallest absolute Gasteiger partial charge is 0.311 e. The van der Waals surface area contributed by atoms with Crippen LogP contribution in [0, 0.1) is 10.1 Å². The minimum atomic E-state index is -0.547. The lowest BCUT2D eigenvalue weighted by atomic mass is 9.99. The number of ether oxygens (including phenoxy) is 2. The molecule has 0 unspecified atom stereocenters. The highest BCUT2D eigenvalue weighted by Gasteiger charge is 2.14. The Bertz CT molecular complexity index is 849. The fourth-order valence-corrected chi connectivity index (χ4v) is 2.42. The molecule has 8 nitrogen and oxygen atoms in total. The number of hydrazone groups is 1. The number of benzene rings is 2. The summed E-state index contributed by atoms with van der Waals surface area (Å²) >= 11 is 0. The molecule has 0 heterocycles. The summed E-state index contributed by atoms with van der Waals surface area (Å²) in [5.74, 6) is 0.779. The summed E-state index contributed by atoms with van der Waals surface area (Å²) < 4.78 is 10.4. The van der Waals surface area contributed by atoms with Crippen molar-refractivity contribution in [3.63, 3.8) is 0 Å². The minimum Gasteiger partial charge on any atom is -0.490 e. The van der Waals surface area contributed by atoms with Gasteiger partial charge >= 0.3 is 5.69 Å². The number of nitrogens with zero attached hydrogens (tertiary/aromatic N) is 2. The van der Waals surface area contributed by atoms with Crippen molar-refractivity contribution in [3.8, 4) is 11.5 Å². The molecule has 2 aromatic carbocycles. The molecule has 148 valence electrons. The van der Waals surface area contributed by atoms with Gasteiger partial charge in [0.1, 0.15) is 5.75 Å². The Morgan fingerprint density at radius 2 is 2.00 bits per heavy atom. The Labute approximate surface area is 163 Å². The van der Waals surface area contributed by atoms with Crippen molar-refractivity contribution in [1.29, 1.82) is 0 Å². The SMILES string of the molecule is CC[C@H](C)c1ccc(OCC(=O)N/N=C\c2ccc(OC)c([N+](=O)[O-])c2)cc1. The highest BCUT2D eigenvalue weighted by Crippen LogP contribution is 2.26. The van der Waals surface area contributed by atoms with Crippen LogP contribution in [0.3, 0.4) is 0 Å². The molecule has 0 saturated carbocycles. The summed E-state index contributed by atoms with van der Waals surface area (Å²) in [5.41, 5.74) is 3.82. The summed E-state index contributed by atoms with van der Waals surface area (Å²) in [6.07, 6.45) is 2.36. The Balaban J connectivity index is 1.87. The third-order valence-corrected chi connectivity index (χ3v) is 4.23. The van der Waals surface area contributed by atoms with E-state index in [-0.39, 0.29) is 18.0 Å². The standard InChI is InChI=1S/C20H23N3O5/c1-4-14(2)16-6-8-17(9-7-16)28-13-20(24)22-21-12-15-5-10-19(27-3)18(11-15)23(25)26/h5-12,14H,4,13H2,1-3H3,(H,22,24)/b21-12-/t14-/m0/s1. The van der Waals surface area contributed by atoms with Gasteiger partial charge in [-0.3, -0.25) is 14.9 Å². The van der Waals surface area contributed by atoms with Crippen LogP contribution in [0.25, 0.3) is 0 Å². The van der Waals surface area contributed by atoms with Gasteiger partial charge in [0, 0.05) is 11.6 Å². The van der Waals surface area contributed by atoms with E-state index in [1.165, 1.54) is 31.0 Å². The van der Waals surface area contributed by atoms with Gasteiger partial charge in [-0.1, -0.05) is 26.0 Å². The first-order chi connectivity index (χ1) is 13.4. The van der Waals surface area contributed by atoms with Crippen LogP contribution in [-0.2, 0) is 4.79 Å². The molecular weight excluding hydrogens is 362 g/mol. The van der Waals surface area contributed by atoms with E-state index in [2.05, 4.69) is 24.4 Å². The molecule has 0 aliphatic heterocycles. The summed E-state index contributed by atoms with van der Waals surface area (Å²) in [6, 6.07) is 12.0. The lowest BCUT2D eigenvalue weighted by Crippen LogP contribution is -2.24. The van der Waals surface area contributed by atoms with Crippen molar-refractivity contribution in [3.05, 3.63) is 63.7 Å². The third kappa shape index (κ3) is 5.80. The van der Waals surface area contributed by atoms with E-state index in [9.17, 15) is 14.9 Å². The number of hydrogen-bond acceptors (Lipinski definition) is 6. The van der Waals surface area contributed by atoms with E-state index in [1.54, 1.807) is 6.07 Å². The quantitative estimate of drug-likeness (QED) is 0.403. The normalized spacial score (nSPS) is 11.8. The molecule has 1 atom stereocenters. The molecule has 0 radical (unpaired) electrons. The molecule has 1 N–H and O–H groups in total. The van der Waals surface area contributed by atoms with E-state index in [4.69, 9.17) is 9.47 Å². The molecule has 0 fully saturated rings. The molecule has 8 heteroatoms.